The molecule has 166 valence electrons. The Bertz CT molecular complexity index is 1010. The van der Waals surface area contributed by atoms with Crippen molar-refractivity contribution in [3.05, 3.63) is 59.3 Å². The molecule has 0 atom stereocenters. The van der Waals surface area contributed by atoms with Gasteiger partial charge in [0.25, 0.3) is 0 Å². The van der Waals surface area contributed by atoms with Crippen LogP contribution in [0.1, 0.15) is 31.2 Å². The van der Waals surface area contributed by atoms with Gasteiger partial charge in [-0.15, -0.1) is 0 Å². The van der Waals surface area contributed by atoms with Crippen LogP contribution in [0.3, 0.4) is 0 Å². The van der Waals surface area contributed by atoms with E-state index in [1.54, 1.807) is 24.3 Å². The highest BCUT2D eigenvalue weighted by atomic mass is 16.2. The minimum atomic E-state index is -0.696. The second kappa shape index (κ2) is 10.6. The van der Waals surface area contributed by atoms with Gasteiger partial charge in [0.05, 0.1) is 30.8 Å². The van der Waals surface area contributed by atoms with Crippen molar-refractivity contribution in [2.24, 2.45) is 5.92 Å². The molecule has 32 heavy (non-hydrogen) atoms. The normalized spacial score (nSPS) is 16.8. The molecule has 0 heterocycles. The largest absolute Gasteiger partial charge is 0.375 e. The van der Waals surface area contributed by atoms with E-state index >= 15 is 0 Å². The molecule has 0 radical (unpaired) electrons. The Hall–Kier alpha value is -3.68. The second-order valence-corrected chi connectivity index (χ2v) is 7.84. The summed E-state index contributed by atoms with van der Waals surface area (Å²) in [5, 5.41) is 5.13. The van der Waals surface area contributed by atoms with Crippen molar-refractivity contribution in [2.45, 2.75) is 32.1 Å². The molecule has 0 saturated heterocycles. The van der Waals surface area contributed by atoms with Gasteiger partial charge in [-0.2, -0.15) is 0 Å². The summed E-state index contributed by atoms with van der Waals surface area (Å²) in [5.41, 5.74) is 0.314. The first kappa shape index (κ1) is 23.0. The van der Waals surface area contributed by atoms with Crippen LogP contribution < -0.4 is 10.6 Å². The first-order valence-corrected chi connectivity index (χ1v) is 10.5. The monoisotopic (exact) mass is 436 g/mol. The van der Waals surface area contributed by atoms with Crippen molar-refractivity contribution < 1.29 is 28.8 Å². The van der Waals surface area contributed by atoms with E-state index in [2.05, 4.69) is 10.6 Å². The van der Waals surface area contributed by atoms with Crippen molar-refractivity contribution >= 4 is 34.8 Å². The average molecular weight is 436 g/mol. The average Bonchev–Trinajstić information content (AvgIpc) is 2.78. The van der Waals surface area contributed by atoms with Gasteiger partial charge in [-0.1, -0.05) is 30.3 Å². The molecule has 0 aromatic heterocycles. The lowest BCUT2D eigenvalue weighted by molar-refractivity contribution is -0.126. The smallest absolute Gasteiger partial charge is 0.224 e. The summed E-state index contributed by atoms with van der Waals surface area (Å²) in [7, 11) is 0. The number of hydrogen-bond donors (Lipinski definition) is 2. The summed E-state index contributed by atoms with van der Waals surface area (Å²) in [6.07, 6.45) is 3.77. The predicted octanol–water partition coefficient (Wildman–Crippen LogP) is 0.794. The Morgan fingerprint density at radius 2 is 1.59 bits per heavy atom. The quantitative estimate of drug-likeness (QED) is 0.433. The van der Waals surface area contributed by atoms with Gasteiger partial charge in [0, 0.05) is 30.9 Å². The first-order chi connectivity index (χ1) is 15.3. The first-order valence-electron chi connectivity index (χ1n) is 10.5. The Morgan fingerprint density at radius 3 is 2.28 bits per heavy atom. The fourth-order valence-corrected chi connectivity index (χ4v) is 3.65. The van der Waals surface area contributed by atoms with Crippen LogP contribution in [-0.2, 0) is 35.2 Å². The molecule has 1 aromatic rings. The summed E-state index contributed by atoms with van der Waals surface area (Å²) < 4.78 is 0. The molecular formula is C24H24N2O6. The molecule has 0 aliphatic heterocycles. The minimum Gasteiger partial charge on any atom is -0.375 e. The fourth-order valence-electron chi connectivity index (χ4n) is 3.65. The standard InChI is InChI=1S/C24H24N2O6/c27-17-8-6-16(7-9-17)21(29)13-25-20-12-18(28)11-19(24(20)32)22(30)14-26-23(31)10-15-4-2-1-3-5-15/h1-5,11-12,16,25H,6-10,13-14H2,(H,26,31). The maximum absolute atomic E-state index is 12.6. The number of carbonyl (C=O) groups is 6. The molecule has 2 aliphatic carbocycles. The summed E-state index contributed by atoms with van der Waals surface area (Å²) >= 11 is 0. The molecule has 2 N–H and O–H groups in total. The Morgan fingerprint density at radius 1 is 0.906 bits per heavy atom. The van der Waals surface area contributed by atoms with Crippen molar-refractivity contribution in [1.82, 2.24) is 10.6 Å². The van der Waals surface area contributed by atoms with Crippen LogP contribution >= 0.6 is 0 Å². The lowest BCUT2D eigenvalue weighted by atomic mass is 9.85. The lowest BCUT2D eigenvalue weighted by Gasteiger charge is -2.21. The number of Topliss-reactive ketones (excluding diaryl/α,β-unsaturated/α-hetero) is 4. The van der Waals surface area contributed by atoms with E-state index < -0.39 is 23.9 Å². The number of hydrogen-bond acceptors (Lipinski definition) is 7. The third-order valence-electron chi connectivity index (χ3n) is 5.47. The second-order valence-electron chi connectivity index (χ2n) is 7.84. The number of amides is 1. The van der Waals surface area contributed by atoms with E-state index in [4.69, 9.17) is 0 Å². The molecule has 0 bridgehead atoms. The van der Waals surface area contributed by atoms with Crippen LogP contribution in [0.2, 0.25) is 0 Å². The van der Waals surface area contributed by atoms with Gasteiger partial charge in [-0.3, -0.25) is 28.8 Å². The van der Waals surface area contributed by atoms with Gasteiger partial charge in [0.2, 0.25) is 11.7 Å². The summed E-state index contributed by atoms with van der Waals surface area (Å²) in [6.45, 7) is -0.585. The number of ketones is 5. The maximum Gasteiger partial charge on any atom is 0.224 e. The SMILES string of the molecule is O=C1C=C(NCC(=O)C2CCC(=O)CC2)C(=O)C(C(=O)CNC(=O)Cc2ccccc2)=C1. The van der Waals surface area contributed by atoms with Crippen LogP contribution in [0.15, 0.2) is 53.8 Å². The number of carbonyl (C=O) groups excluding carboxylic acids is 6. The van der Waals surface area contributed by atoms with Crippen LogP contribution in [0.4, 0.5) is 0 Å². The number of nitrogens with one attached hydrogen (secondary N) is 2. The van der Waals surface area contributed by atoms with Crippen LogP contribution in [0.25, 0.3) is 0 Å². The molecule has 1 saturated carbocycles. The van der Waals surface area contributed by atoms with E-state index in [9.17, 15) is 28.8 Å². The highest BCUT2D eigenvalue weighted by molar-refractivity contribution is 6.32. The zero-order valence-corrected chi connectivity index (χ0v) is 17.5. The molecule has 0 unspecified atom stereocenters. The Labute approximate surface area is 185 Å². The summed E-state index contributed by atoms with van der Waals surface area (Å²) in [4.78, 5) is 72.8. The zero-order chi connectivity index (χ0) is 23.1. The molecule has 0 spiro atoms. The third kappa shape index (κ3) is 6.16. The molecule has 1 amide bonds. The van der Waals surface area contributed by atoms with Gasteiger partial charge in [0.15, 0.2) is 17.3 Å². The lowest BCUT2D eigenvalue weighted by Crippen LogP contribution is -2.37. The Kier molecular flexibility index (Phi) is 7.59. The topological polar surface area (TPSA) is 126 Å². The van der Waals surface area contributed by atoms with Crippen molar-refractivity contribution in [3.8, 4) is 0 Å². The molecule has 8 heteroatoms. The van der Waals surface area contributed by atoms with Gasteiger partial charge in [-0.05, 0) is 18.4 Å². The Balaban J connectivity index is 1.51. The van der Waals surface area contributed by atoms with Crippen molar-refractivity contribution in [2.75, 3.05) is 13.1 Å². The zero-order valence-electron chi connectivity index (χ0n) is 17.5. The molecule has 1 aromatic carbocycles. The van der Waals surface area contributed by atoms with Crippen LogP contribution in [0, 0.1) is 5.92 Å². The molecule has 3 rings (SSSR count). The van der Waals surface area contributed by atoms with E-state index in [1.807, 2.05) is 6.07 Å². The summed E-state index contributed by atoms with van der Waals surface area (Å²) in [6, 6.07) is 8.98. The minimum absolute atomic E-state index is 0.0849. The van der Waals surface area contributed by atoms with E-state index in [-0.39, 0.29) is 47.6 Å². The highest BCUT2D eigenvalue weighted by Crippen LogP contribution is 2.22. The predicted molar refractivity (Wildman–Crippen MR) is 114 cm³/mol. The van der Waals surface area contributed by atoms with Crippen molar-refractivity contribution in [3.63, 3.8) is 0 Å². The molecule has 1 fully saturated rings. The maximum atomic E-state index is 12.6. The third-order valence-corrected chi connectivity index (χ3v) is 5.47. The fraction of sp³-hybridized carbons (Fsp3) is 0.333. The van der Waals surface area contributed by atoms with Gasteiger partial charge < -0.3 is 10.6 Å². The number of rotatable bonds is 9. The van der Waals surface area contributed by atoms with Gasteiger partial charge in [0.1, 0.15) is 5.78 Å². The number of benzene rings is 1. The number of allylic oxidation sites excluding steroid dienone is 3. The van der Waals surface area contributed by atoms with Crippen molar-refractivity contribution in [1.29, 1.82) is 0 Å². The van der Waals surface area contributed by atoms with E-state index in [0.717, 1.165) is 17.7 Å². The molecule has 8 nitrogen and oxygen atoms in total. The van der Waals surface area contributed by atoms with Crippen LogP contribution in [-0.4, -0.2) is 47.9 Å². The molecular weight excluding hydrogens is 412 g/mol. The van der Waals surface area contributed by atoms with E-state index in [1.165, 1.54) is 0 Å². The molecule has 2 aliphatic rings. The summed E-state index contributed by atoms with van der Waals surface area (Å²) in [5.74, 6) is -2.58. The highest BCUT2D eigenvalue weighted by Gasteiger charge is 2.29. The van der Waals surface area contributed by atoms with Crippen LogP contribution in [0.5, 0.6) is 0 Å². The van der Waals surface area contributed by atoms with Gasteiger partial charge in [-0.25, -0.2) is 0 Å². The van der Waals surface area contributed by atoms with Gasteiger partial charge >= 0.3 is 0 Å². The van der Waals surface area contributed by atoms with E-state index in [0.29, 0.717) is 25.7 Å².